The third kappa shape index (κ3) is 6.47. The standard InChI is InChI=1S/C34H43F3N6O2/c1-22-18-23(10-15-41(22)2)25-6-7-30(39-20-25)33(45)13-8-27(9-14-33)42-16-11-29-28(42)12-17-43(29)31(44)21-40-32(38)24-4-3-5-26(19-24)34(35,36)37/h3-7,19-20,23,27-29,45H,1,8-18,21H2,2H3,(H2,38,40)/t23?,27?,28-,29-,33?/m0/s1. The number of alkyl halides is 3. The third-order valence-electron chi connectivity index (χ3n) is 10.6. The normalized spacial score (nSPS) is 29.7. The molecule has 4 heterocycles. The molecular weight excluding hydrogens is 581 g/mol. The van der Waals surface area contributed by atoms with Crippen molar-refractivity contribution in [2.24, 2.45) is 10.7 Å². The smallest absolute Gasteiger partial charge is 0.384 e. The highest BCUT2D eigenvalue weighted by Crippen LogP contribution is 2.42. The highest BCUT2D eigenvalue weighted by atomic mass is 19.4. The number of benzene rings is 1. The Morgan fingerprint density at radius 1 is 1.09 bits per heavy atom. The lowest BCUT2D eigenvalue weighted by molar-refractivity contribution is -0.137. The molecule has 2 aromatic rings. The molecular formula is C34H43F3N6O2. The van der Waals surface area contributed by atoms with Crippen molar-refractivity contribution in [3.8, 4) is 0 Å². The van der Waals surface area contributed by atoms with Crippen LogP contribution in [-0.4, -0.2) is 87.9 Å². The van der Waals surface area contributed by atoms with Crippen LogP contribution in [0, 0.1) is 0 Å². The Morgan fingerprint density at radius 2 is 1.84 bits per heavy atom. The van der Waals surface area contributed by atoms with Gasteiger partial charge in [0.25, 0.3) is 0 Å². The Bertz CT molecular complexity index is 1440. The van der Waals surface area contributed by atoms with Gasteiger partial charge in [0.15, 0.2) is 0 Å². The van der Waals surface area contributed by atoms with Gasteiger partial charge in [-0.1, -0.05) is 24.8 Å². The van der Waals surface area contributed by atoms with Gasteiger partial charge in [0.1, 0.15) is 18.0 Å². The van der Waals surface area contributed by atoms with Gasteiger partial charge in [-0.15, -0.1) is 0 Å². The predicted molar refractivity (Wildman–Crippen MR) is 166 cm³/mol. The van der Waals surface area contributed by atoms with Crippen LogP contribution in [0.25, 0.3) is 0 Å². The monoisotopic (exact) mass is 624 g/mol. The average Bonchev–Trinajstić information content (AvgIpc) is 3.64. The molecule has 6 rings (SSSR count). The summed E-state index contributed by atoms with van der Waals surface area (Å²) in [5.74, 6) is 0.183. The molecule has 1 aromatic carbocycles. The molecule has 4 fully saturated rings. The first kappa shape index (κ1) is 31.5. The number of fused-ring (bicyclic) bond motifs is 1. The molecule has 11 heteroatoms. The van der Waals surface area contributed by atoms with E-state index < -0.39 is 17.3 Å². The summed E-state index contributed by atoms with van der Waals surface area (Å²) in [6, 6.07) is 9.51. The van der Waals surface area contributed by atoms with Gasteiger partial charge in [-0.25, -0.2) is 0 Å². The third-order valence-corrected chi connectivity index (χ3v) is 10.6. The van der Waals surface area contributed by atoms with E-state index in [9.17, 15) is 23.1 Å². The Hall–Kier alpha value is -3.44. The number of allylic oxidation sites excluding steroid dienone is 1. The molecule has 0 radical (unpaired) electrons. The second kappa shape index (κ2) is 12.4. The second-order valence-corrected chi connectivity index (χ2v) is 13.2. The highest BCUT2D eigenvalue weighted by Gasteiger charge is 2.48. The van der Waals surface area contributed by atoms with Crippen molar-refractivity contribution in [1.29, 1.82) is 0 Å². The summed E-state index contributed by atoms with van der Waals surface area (Å²) in [5.41, 5.74) is 7.49. The molecule has 0 bridgehead atoms. The van der Waals surface area contributed by atoms with Crippen molar-refractivity contribution < 1.29 is 23.1 Å². The largest absolute Gasteiger partial charge is 0.416 e. The lowest BCUT2D eigenvalue weighted by Crippen LogP contribution is -2.47. The van der Waals surface area contributed by atoms with Crippen molar-refractivity contribution in [2.45, 2.75) is 87.2 Å². The summed E-state index contributed by atoms with van der Waals surface area (Å²) in [6.45, 7) is 6.50. The maximum absolute atomic E-state index is 13.1. The van der Waals surface area contributed by atoms with Crippen LogP contribution in [0.1, 0.15) is 79.7 Å². The zero-order valence-electron chi connectivity index (χ0n) is 25.8. The quantitative estimate of drug-likeness (QED) is 0.359. The van der Waals surface area contributed by atoms with E-state index in [0.29, 0.717) is 31.3 Å². The SMILES string of the molecule is C=C1CC(c2ccc(C3(O)CCC(N4CC[C@H]5[C@@H]4CCN5C(=O)CN=C(N)c4cccc(C(F)(F)F)c4)CC3)nc2)CCN1C. The van der Waals surface area contributed by atoms with Crippen LogP contribution in [0.4, 0.5) is 13.2 Å². The highest BCUT2D eigenvalue weighted by molar-refractivity contribution is 5.98. The molecule has 3 atom stereocenters. The minimum Gasteiger partial charge on any atom is -0.384 e. The fourth-order valence-electron chi connectivity index (χ4n) is 7.90. The number of rotatable bonds is 6. The van der Waals surface area contributed by atoms with E-state index in [1.165, 1.54) is 17.7 Å². The van der Waals surface area contributed by atoms with Gasteiger partial charge in [-0.3, -0.25) is 19.7 Å². The Balaban J connectivity index is 1.02. The molecule has 3 saturated heterocycles. The average molecular weight is 625 g/mol. The number of amidine groups is 1. The number of aliphatic imine (C=N–C) groups is 1. The van der Waals surface area contributed by atoms with E-state index in [0.717, 1.165) is 75.1 Å². The lowest BCUT2D eigenvalue weighted by atomic mass is 9.78. The van der Waals surface area contributed by atoms with Gasteiger partial charge >= 0.3 is 6.18 Å². The predicted octanol–water partition coefficient (Wildman–Crippen LogP) is 4.63. The van der Waals surface area contributed by atoms with Gasteiger partial charge < -0.3 is 20.6 Å². The Kier molecular flexibility index (Phi) is 8.69. The number of carbonyl (C=O) groups excluding carboxylic acids is 1. The molecule has 1 aliphatic carbocycles. The van der Waals surface area contributed by atoms with E-state index in [-0.39, 0.29) is 35.9 Å². The molecule has 1 unspecified atom stereocenters. The zero-order chi connectivity index (χ0) is 31.9. The van der Waals surface area contributed by atoms with Crippen LogP contribution in [0.2, 0.25) is 0 Å². The summed E-state index contributed by atoms with van der Waals surface area (Å²) < 4.78 is 39.3. The molecule has 1 aromatic heterocycles. The summed E-state index contributed by atoms with van der Waals surface area (Å²) in [7, 11) is 2.08. The fourth-order valence-corrected chi connectivity index (χ4v) is 7.90. The van der Waals surface area contributed by atoms with Crippen molar-refractivity contribution in [2.75, 3.05) is 33.2 Å². The number of nitrogens with zero attached hydrogens (tertiary/aromatic N) is 5. The van der Waals surface area contributed by atoms with E-state index in [1.54, 1.807) is 0 Å². The Morgan fingerprint density at radius 3 is 2.53 bits per heavy atom. The first-order chi connectivity index (χ1) is 21.4. The number of hydrogen-bond acceptors (Lipinski definition) is 6. The molecule has 45 heavy (non-hydrogen) atoms. The summed E-state index contributed by atoms with van der Waals surface area (Å²) in [4.78, 5) is 28.7. The van der Waals surface area contributed by atoms with Gasteiger partial charge in [-0.05, 0) is 81.0 Å². The number of amides is 1. The number of aromatic nitrogens is 1. The van der Waals surface area contributed by atoms with E-state index in [2.05, 4.69) is 34.5 Å². The number of hydrogen-bond donors (Lipinski definition) is 2. The number of carbonyl (C=O) groups is 1. The molecule has 4 aliphatic rings. The van der Waals surface area contributed by atoms with Gasteiger partial charge in [0.05, 0.1) is 11.3 Å². The topological polar surface area (TPSA) is 98.3 Å². The van der Waals surface area contributed by atoms with Gasteiger partial charge in [-0.2, -0.15) is 13.2 Å². The molecule has 3 aliphatic heterocycles. The molecule has 3 N–H and O–H groups in total. The van der Waals surface area contributed by atoms with E-state index >= 15 is 0 Å². The summed E-state index contributed by atoms with van der Waals surface area (Å²) in [5, 5.41) is 11.6. The summed E-state index contributed by atoms with van der Waals surface area (Å²) >= 11 is 0. The first-order valence-electron chi connectivity index (χ1n) is 16.0. The van der Waals surface area contributed by atoms with E-state index in [1.807, 2.05) is 17.2 Å². The minimum absolute atomic E-state index is 0.0789. The fraction of sp³-hybridized carbons (Fsp3) is 0.559. The van der Waals surface area contributed by atoms with Crippen LogP contribution in [0.15, 0.2) is 59.9 Å². The second-order valence-electron chi connectivity index (χ2n) is 13.2. The van der Waals surface area contributed by atoms with E-state index in [4.69, 9.17) is 10.7 Å². The molecule has 8 nitrogen and oxygen atoms in total. The number of nitrogens with two attached hydrogens (primary N) is 1. The van der Waals surface area contributed by atoms with Gasteiger partial charge in [0.2, 0.25) is 5.91 Å². The van der Waals surface area contributed by atoms with Crippen molar-refractivity contribution >= 4 is 11.7 Å². The maximum Gasteiger partial charge on any atom is 0.416 e. The van der Waals surface area contributed by atoms with Crippen LogP contribution in [0.3, 0.4) is 0 Å². The lowest BCUT2D eigenvalue weighted by Gasteiger charge is -2.41. The van der Waals surface area contributed by atoms with Crippen LogP contribution >= 0.6 is 0 Å². The molecule has 0 spiro atoms. The first-order valence-corrected chi connectivity index (χ1v) is 16.0. The number of pyridine rings is 1. The van der Waals surface area contributed by atoms with Crippen LogP contribution in [-0.2, 0) is 16.6 Å². The maximum atomic E-state index is 13.1. The number of aliphatic hydroxyl groups is 1. The zero-order valence-corrected chi connectivity index (χ0v) is 25.8. The number of piperidine rings is 1. The molecule has 1 amide bonds. The van der Waals surface area contributed by atoms with Crippen molar-refractivity contribution in [1.82, 2.24) is 19.7 Å². The van der Waals surface area contributed by atoms with Crippen LogP contribution in [0.5, 0.6) is 0 Å². The van der Waals surface area contributed by atoms with Crippen LogP contribution < -0.4 is 5.73 Å². The molecule has 1 saturated carbocycles. The van der Waals surface area contributed by atoms with Crippen molar-refractivity contribution in [3.05, 3.63) is 77.3 Å². The number of halogens is 3. The summed E-state index contributed by atoms with van der Waals surface area (Å²) in [6.07, 6.45) is 4.24. The van der Waals surface area contributed by atoms with Crippen molar-refractivity contribution in [3.63, 3.8) is 0 Å². The Labute approximate surface area is 262 Å². The van der Waals surface area contributed by atoms with Gasteiger partial charge in [0, 0.05) is 62.3 Å². The molecule has 242 valence electrons. The number of likely N-dealkylation sites (tertiary alicyclic amines) is 3. The minimum atomic E-state index is -4.48.